The topological polar surface area (TPSA) is 27.7 Å². The Morgan fingerprint density at radius 2 is 1.00 bits per heavy atom. The summed E-state index contributed by atoms with van der Waals surface area (Å²) >= 11 is 0. The van der Waals surface area contributed by atoms with E-state index in [1.54, 1.807) is 0 Å². The molecular weight excluding hydrogens is 292 g/mol. The molecule has 0 spiro atoms. The molecule has 0 heterocycles. The first-order chi connectivity index (χ1) is 10.8. The van der Waals surface area contributed by atoms with E-state index < -0.39 is 8.80 Å². The van der Waals surface area contributed by atoms with Crippen LogP contribution < -0.4 is 0 Å². The molecule has 4 heteroatoms. The van der Waals surface area contributed by atoms with Crippen molar-refractivity contribution >= 4 is 8.80 Å². The van der Waals surface area contributed by atoms with Gasteiger partial charge in [0.2, 0.25) is 0 Å². The molecule has 0 radical (unpaired) electrons. The molecule has 0 aliphatic heterocycles. The largest absolute Gasteiger partial charge is 0.538 e. The van der Waals surface area contributed by atoms with Crippen molar-refractivity contribution < 1.29 is 13.3 Å². The van der Waals surface area contributed by atoms with E-state index in [1.807, 2.05) is 5.70 Å². The van der Waals surface area contributed by atoms with Gasteiger partial charge in [-0.05, 0) is 38.5 Å². The molecular formula is C18H30O3Si. The monoisotopic (exact) mass is 322 g/mol. The van der Waals surface area contributed by atoms with Gasteiger partial charge in [0.05, 0.1) is 0 Å². The van der Waals surface area contributed by atoms with E-state index in [4.69, 9.17) is 13.3 Å². The molecule has 0 unspecified atom stereocenters. The molecule has 3 aliphatic rings. The summed E-state index contributed by atoms with van der Waals surface area (Å²) in [4.78, 5) is 0. The first-order valence-corrected chi connectivity index (χ1v) is 11.0. The molecule has 0 saturated heterocycles. The standard InChI is InChI=1S/C18H30O3Si/c1-2-15-22(19-16-9-3-4-10-16,20-17-11-5-6-12-17)21-18-13-7-8-14-18/h15-18H,1,3-14H2. The minimum absolute atomic E-state index is 0.305. The third kappa shape index (κ3) is 4.33. The van der Waals surface area contributed by atoms with Gasteiger partial charge >= 0.3 is 8.80 Å². The zero-order chi connectivity index (χ0) is 15.3. The summed E-state index contributed by atoms with van der Waals surface area (Å²) in [5.41, 5.74) is 4.86. The third-order valence-corrected chi connectivity index (χ3v) is 7.72. The maximum Gasteiger partial charge on any atom is 0.538 e. The van der Waals surface area contributed by atoms with Crippen LogP contribution in [0.3, 0.4) is 0 Å². The minimum atomic E-state index is -2.79. The van der Waals surface area contributed by atoms with E-state index in [2.05, 4.69) is 12.3 Å². The van der Waals surface area contributed by atoms with Gasteiger partial charge in [-0.3, -0.25) is 0 Å². The molecule has 3 nitrogen and oxygen atoms in total. The van der Waals surface area contributed by atoms with Gasteiger partial charge in [0.25, 0.3) is 0 Å². The van der Waals surface area contributed by atoms with Crippen molar-refractivity contribution in [3.63, 3.8) is 0 Å². The van der Waals surface area contributed by atoms with Crippen LogP contribution in [0, 0.1) is 0 Å². The van der Waals surface area contributed by atoms with Crippen LogP contribution in [0.2, 0.25) is 0 Å². The van der Waals surface area contributed by atoms with Crippen molar-refractivity contribution in [3.05, 3.63) is 18.0 Å². The maximum atomic E-state index is 6.50. The zero-order valence-corrected chi connectivity index (χ0v) is 14.7. The van der Waals surface area contributed by atoms with Crippen LogP contribution in [0.25, 0.3) is 0 Å². The van der Waals surface area contributed by atoms with Gasteiger partial charge < -0.3 is 13.3 Å². The fourth-order valence-corrected chi connectivity index (χ4v) is 6.75. The summed E-state index contributed by atoms with van der Waals surface area (Å²) in [7, 11) is -2.79. The highest BCUT2D eigenvalue weighted by Gasteiger charge is 2.46. The fourth-order valence-electron chi connectivity index (χ4n) is 4.03. The molecule has 0 aromatic rings. The second-order valence-electron chi connectivity index (χ2n) is 7.02. The Kier molecular flexibility index (Phi) is 5.94. The number of hydrogen-bond acceptors (Lipinski definition) is 3. The van der Waals surface area contributed by atoms with E-state index in [0.29, 0.717) is 18.3 Å². The second kappa shape index (κ2) is 7.94. The Labute approximate surface area is 136 Å². The molecule has 3 fully saturated rings. The van der Waals surface area contributed by atoms with Gasteiger partial charge in [0.15, 0.2) is 0 Å². The molecule has 0 N–H and O–H groups in total. The molecule has 22 heavy (non-hydrogen) atoms. The van der Waals surface area contributed by atoms with E-state index in [9.17, 15) is 0 Å². The molecule has 124 valence electrons. The van der Waals surface area contributed by atoms with Crippen LogP contribution in [-0.2, 0) is 13.3 Å². The zero-order valence-electron chi connectivity index (χ0n) is 13.7. The predicted molar refractivity (Wildman–Crippen MR) is 89.5 cm³/mol. The lowest BCUT2D eigenvalue weighted by Gasteiger charge is -2.33. The SMILES string of the molecule is C=C=C[Si](OC1CCCC1)(OC1CCCC1)OC1CCCC1. The van der Waals surface area contributed by atoms with Gasteiger partial charge in [-0.15, -0.1) is 5.73 Å². The number of hydrogen-bond donors (Lipinski definition) is 0. The Hall–Kier alpha value is -0.383. The lowest BCUT2D eigenvalue weighted by Crippen LogP contribution is -2.50. The molecule has 0 aromatic carbocycles. The van der Waals surface area contributed by atoms with Crippen LogP contribution in [0.1, 0.15) is 77.0 Å². The van der Waals surface area contributed by atoms with Gasteiger partial charge in [0, 0.05) is 24.0 Å². The highest BCUT2D eigenvalue weighted by molar-refractivity contribution is 6.66. The molecule has 0 bridgehead atoms. The lowest BCUT2D eigenvalue weighted by molar-refractivity contribution is -0.00576. The highest BCUT2D eigenvalue weighted by Crippen LogP contribution is 2.33. The Morgan fingerprint density at radius 3 is 1.27 bits per heavy atom. The fraction of sp³-hybridized carbons (Fsp3) is 0.833. The van der Waals surface area contributed by atoms with Crippen molar-refractivity contribution in [2.24, 2.45) is 0 Å². The summed E-state index contributed by atoms with van der Waals surface area (Å²) in [6.45, 7) is 3.78. The van der Waals surface area contributed by atoms with Crippen LogP contribution in [-0.4, -0.2) is 27.1 Å². The Morgan fingerprint density at radius 1 is 0.682 bits per heavy atom. The molecule has 3 saturated carbocycles. The Balaban J connectivity index is 1.73. The first kappa shape index (κ1) is 16.5. The summed E-state index contributed by atoms with van der Waals surface area (Å²) in [5, 5.41) is 0. The minimum Gasteiger partial charge on any atom is -0.367 e. The summed E-state index contributed by atoms with van der Waals surface area (Å²) in [5.74, 6) is 0. The van der Waals surface area contributed by atoms with Crippen molar-refractivity contribution in [2.45, 2.75) is 95.4 Å². The average Bonchev–Trinajstić information content (AvgIpc) is 3.22. The average molecular weight is 323 g/mol. The predicted octanol–water partition coefficient (Wildman–Crippen LogP) is 4.68. The van der Waals surface area contributed by atoms with E-state index >= 15 is 0 Å². The second-order valence-corrected chi connectivity index (χ2v) is 9.23. The van der Waals surface area contributed by atoms with Gasteiger partial charge in [0.1, 0.15) is 0 Å². The summed E-state index contributed by atoms with van der Waals surface area (Å²) in [6.07, 6.45) is 15.3. The highest BCUT2D eigenvalue weighted by atomic mass is 28.4. The summed E-state index contributed by atoms with van der Waals surface area (Å²) < 4.78 is 19.5. The van der Waals surface area contributed by atoms with Crippen molar-refractivity contribution in [2.75, 3.05) is 0 Å². The van der Waals surface area contributed by atoms with Crippen LogP contribution in [0.4, 0.5) is 0 Å². The van der Waals surface area contributed by atoms with Crippen LogP contribution in [0.5, 0.6) is 0 Å². The molecule has 3 aliphatic carbocycles. The molecule has 0 atom stereocenters. The van der Waals surface area contributed by atoms with Crippen molar-refractivity contribution in [3.8, 4) is 0 Å². The van der Waals surface area contributed by atoms with E-state index in [0.717, 1.165) is 38.5 Å². The van der Waals surface area contributed by atoms with E-state index in [1.165, 1.54) is 38.5 Å². The molecule has 0 amide bonds. The van der Waals surface area contributed by atoms with Gasteiger partial charge in [-0.2, -0.15) is 0 Å². The molecule has 3 rings (SSSR count). The van der Waals surface area contributed by atoms with Gasteiger partial charge in [-0.1, -0.05) is 45.1 Å². The maximum absolute atomic E-state index is 6.50. The lowest BCUT2D eigenvalue weighted by atomic mass is 10.3. The molecule has 0 aromatic heterocycles. The smallest absolute Gasteiger partial charge is 0.367 e. The normalized spacial score (nSPS) is 24.9. The third-order valence-electron chi connectivity index (χ3n) is 5.18. The summed E-state index contributed by atoms with van der Waals surface area (Å²) in [6, 6.07) is 0. The Bertz CT molecular complexity index is 342. The van der Waals surface area contributed by atoms with Crippen LogP contribution in [0.15, 0.2) is 18.0 Å². The van der Waals surface area contributed by atoms with Gasteiger partial charge in [-0.25, -0.2) is 0 Å². The van der Waals surface area contributed by atoms with E-state index in [-0.39, 0.29) is 0 Å². The number of rotatable bonds is 7. The van der Waals surface area contributed by atoms with Crippen molar-refractivity contribution in [1.82, 2.24) is 0 Å². The quantitative estimate of drug-likeness (QED) is 0.503. The van der Waals surface area contributed by atoms with Crippen LogP contribution >= 0.6 is 0 Å². The van der Waals surface area contributed by atoms with Crippen molar-refractivity contribution in [1.29, 1.82) is 0 Å². The first-order valence-electron chi connectivity index (χ1n) is 9.20.